The summed E-state index contributed by atoms with van der Waals surface area (Å²) in [6, 6.07) is 7.77. The molecule has 1 aliphatic heterocycles. The van der Waals surface area contributed by atoms with Crippen molar-refractivity contribution in [3.05, 3.63) is 47.5 Å². The zero-order valence-electron chi connectivity index (χ0n) is 13.3. The normalized spacial score (nSPS) is 16.7. The Kier molecular flexibility index (Phi) is 5.79. The number of nitrogens with one attached hydrogen (secondary N) is 1. The minimum atomic E-state index is -0.106. The molecule has 1 amide bonds. The summed E-state index contributed by atoms with van der Waals surface area (Å²) in [5.41, 5.74) is 1.02. The Morgan fingerprint density at radius 2 is 2.12 bits per heavy atom. The van der Waals surface area contributed by atoms with E-state index in [0.717, 1.165) is 18.7 Å². The Morgan fingerprint density at radius 1 is 1.33 bits per heavy atom. The number of rotatable bonds is 6. The van der Waals surface area contributed by atoms with Gasteiger partial charge in [-0.1, -0.05) is 29.8 Å². The summed E-state index contributed by atoms with van der Waals surface area (Å²) in [6.45, 7) is 3.64. The molecule has 8 heteroatoms. The lowest BCUT2D eigenvalue weighted by atomic mass is 10.0. The minimum Gasteiger partial charge on any atom is -0.379 e. The van der Waals surface area contributed by atoms with Gasteiger partial charge in [-0.2, -0.15) is 5.10 Å². The molecule has 1 aliphatic rings. The van der Waals surface area contributed by atoms with Gasteiger partial charge in [-0.25, -0.2) is 9.67 Å². The molecule has 2 heterocycles. The zero-order chi connectivity index (χ0) is 16.8. The molecule has 0 radical (unpaired) electrons. The molecule has 1 unspecified atom stereocenters. The summed E-state index contributed by atoms with van der Waals surface area (Å²) in [4.78, 5) is 18.3. The molecule has 128 valence electrons. The maximum atomic E-state index is 12.1. The fourth-order valence-corrected chi connectivity index (χ4v) is 3.06. The van der Waals surface area contributed by atoms with Crippen molar-refractivity contribution in [1.82, 2.24) is 25.0 Å². The second-order valence-electron chi connectivity index (χ2n) is 5.58. The Balaban J connectivity index is 1.67. The topological polar surface area (TPSA) is 72.3 Å². The lowest BCUT2D eigenvalue weighted by Crippen LogP contribution is -2.44. The number of benzene rings is 1. The first-order valence-electron chi connectivity index (χ1n) is 7.89. The molecule has 1 fully saturated rings. The van der Waals surface area contributed by atoms with Crippen molar-refractivity contribution in [2.24, 2.45) is 0 Å². The quantitative estimate of drug-likeness (QED) is 0.846. The van der Waals surface area contributed by atoms with Gasteiger partial charge >= 0.3 is 0 Å². The van der Waals surface area contributed by atoms with Crippen molar-refractivity contribution < 1.29 is 9.53 Å². The van der Waals surface area contributed by atoms with Crippen LogP contribution in [0.3, 0.4) is 0 Å². The Hall–Kier alpha value is -1.96. The molecule has 7 nitrogen and oxygen atoms in total. The summed E-state index contributed by atoms with van der Waals surface area (Å²) in [6.07, 6.45) is 2.93. The fourth-order valence-electron chi connectivity index (χ4n) is 2.80. The van der Waals surface area contributed by atoms with E-state index in [4.69, 9.17) is 16.3 Å². The first-order chi connectivity index (χ1) is 11.7. The lowest BCUT2D eigenvalue weighted by molar-refractivity contribution is -0.122. The Morgan fingerprint density at radius 3 is 2.83 bits per heavy atom. The smallest absolute Gasteiger partial charge is 0.241 e. The molecule has 0 aliphatic carbocycles. The number of ether oxygens (including phenoxy) is 1. The molecule has 1 aromatic carbocycles. The van der Waals surface area contributed by atoms with Gasteiger partial charge < -0.3 is 10.1 Å². The van der Waals surface area contributed by atoms with Crippen LogP contribution in [0, 0.1) is 0 Å². The summed E-state index contributed by atoms with van der Waals surface area (Å²) in [5.74, 6) is -0.106. The Labute approximate surface area is 145 Å². The highest BCUT2D eigenvalue weighted by atomic mass is 35.5. The molecular weight excluding hydrogens is 330 g/mol. The van der Waals surface area contributed by atoms with Crippen molar-refractivity contribution in [2.75, 3.05) is 32.8 Å². The third-order valence-electron chi connectivity index (χ3n) is 4.02. The molecule has 0 spiro atoms. The van der Waals surface area contributed by atoms with Gasteiger partial charge in [0.05, 0.1) is 19.3 Å². The summed E-state index contributed by atoms with van der Waals surface area (Å²) in [7, 11) is 0. The molecule has 0 saturated carbocycles. The first kappa shape index (κ1) is 16.9. The monoisotopic (exact) mass is 349 g/mol. The molecule has 1 N–H and O–H groups in total. The second-order valence-corrected chi connectivity index (χ2v) is 5.99. The third kappa shape index (κ3) is 4.31. The number of hydrogen-bond donors (Lipinski definition) is 1. The van der Waals surface area contributed by atoms with Gasteiger partial charge in [0.2, 0.25) is 5.91 Å². The molecule has 2 aromatic rings. The van der Waals surface area contributed by atoms with Crippen LogP contribution >= 0.6 is 11.6 Å². The number of amides is 1. The van der Waals surface area contributed by atoms with E-state index < -0.39 is 0 Å². The van der Waals surface area contributed by atoms with Crippen LogP contribution in [0.2, 0.25) is 5.02 Å². The first-order valence-corrected chi connectivity index (χ1v) is 8.27. The Bertz CT molecular complexity index is 658. The molecular formula is C16H20ClN5O2. The average molecular weight is 350 g/mol. The number of carbonyl (C=O) groups excluding carboxylic acids is 1. The maximum Gasteiger partial charge on any atom is 0.241 e. The fraction of sp³-hybridized carbons (Fsp3) is 0.438. The molecule has 24 heavy (non-hydrogen) atoms. The highest BCUT2D eigenvalue weighted by Crippen LogP contribution is 2.27. The van der Waals surface area contributed by atoms with Crippen LogP contribution in [-0.2, 0) is 16.1 Å². The largest absolute Gasteiger partial charge is 0.379 e. The van der Waals surface area contributed by atoms with E-state index in [9.17, 15) is 4.79 Å². The number of nitrogens with zero attached hydrogens (tertiary/aromatic N) is 4. The predicted octanol–water partition coefficient (Wildman–Crippen LogP) is 1.12. The molecule has 3 rings (SSSR count). The van der Waals surface area contributed by atoms with Crippen LogP contribution in [0.1, 0.15) is 11.6 Å². The highest BCUT2D eigenvalue weighted by molar-refractivity contribution is 6.31. The standard InChI is InChI=1S/C16H20ClN5O2/c17-14-4-2-1-3-13(14)15(21-5-7-24-8-6-21)9-19-16(23)10-22-12-18-11-20-22/h1-4,11-12,15H,5-10H2,(H,19,23). The van der Waals surface area contributed by atoms with Gasteiger partial charge in [-0.15, -0.1) is 0 Å². The van der Waals surface area contributed by atoms with Crippen molar-refractivity contribution in [1.29, 1.82) is 0 Å². The second kappa shape index (κ2) is 8.23. The van der Waals surface area contributed by atoms with E-state index in [-0.39, 0.29) is 18.5 Å². The minimum absolute atomic E-state index is 0.0160. The predicted molar refractivity (Wildman–Crippen MR) is 89.6 cm³/mol. The van der Waals surface area contributed by atoms with Crippen LogP contribution in [0.4, 0.5) is 0 Å². The van der Waals surface area contributed by atoms with Gasteiger partial charge in [0.25, 0.3) is 0 Å². The van der Waals surface area contributed by atoms with Crippen molar-refractivity contribution >= 4 is 17.5 Å². The van der Waals surface area contributed by atoms with Gasteiger partial charge in [0.15, 0.2) is 0 Å². The van der Waals surface area contributed by atoms with E-state index in [2.05, 4.69) is 20.3 Å². The van der Waals surface area contributed by atoms with Gasteiger partial charge in [-0.05, 0) is 11.6 Å². The van der Waals surface area contributed by atoms with Gasteiger partial charge in [0, 0.05) is 24.7 Å². The van der Waals surface area contributed by atoms with Gasteiger partial charge in [0.1, 0.15) is 19.2 Å². The van der Waals surface area contributed by atoms with Crippen LogP contribution in [-0.4, -0.2) is 58.4 Å². The maximum absolute atomic E-state index is 12.1. The molecule has 1 aromatic heterocycles. The third-order valence-corrected chi connectivity index (χ3v) is 4.36. The van der Waals surface area contributed by atoms with E-state index in [1.165, 1.54) is 17.3 Å². The number of carbonyl (C=O) groups is 1. The van der Waals surface area contributed by atoms with E-state index in [1.54, 1.807) is 0 Å². The molecule has 1 saturated heterocycles. The number of aromatic nitrogens is 3. The van der Waals surface area contributed by atoms with Crippen LogP contribution < -0.4 is 5.32 Å². The van der Waals surface area contributed by atoms with Crippen molar-refractivity contribution in [2.45, 2.75) is 12.6 Å². The summed E-state index contributed by atoms with van der Waals surface area (Å²) >= 11 is 6.38. The summed E-state index contributed by atoms with van der Waals surface area (Å²) in [5, 5.41) is 7.63. The number of morpholine rings is 1. The van der Waals surface area contributed by atoms with Gasteiger partial charge in [-0.3, -0.25) is 9.69 Å². The van der Waals surface area contributed by atoms with E-state index in [0.29, 0.717) is 24.8 Å². The molecule has 1 atom stereocenters. The summed E-state index contributed by atoms with van der Waals surface area (Å²) < 4.78 is 6.93. The van der Waals surface area contributed by atoms with Crippen LogP contribution in [0.15, 0.2) is 36.9 Å². The highest BCUT2D eigenvalue weighted by Gasteiger charge is 2.24. The number of hydrogen-bond acceptors (Lipinski definition) is 5. The zero-order valence-corrected chi connectivity index (χ0v) is 14.0. The van der Waals surface area contributed by atoms with E-state index in [1.807, 2.05) is 24.3 Å². The molecule has 0 bridgehead atoms. The van der Waals surface area contributed by atoms with E-state index >= 15 is 0 Å². The number of halogens is 1. The van der Waals surface area contributed by atoms with Crippen molar-refractivity contribution in [3.8, 4) is 0 Å². The SMILES string of the molecule is O=C(Cn1cncn1)NCC(c1ccccc1Cl)N1CCOCC1. The average Bonchev–Trinajstić information content (AvgIpc) is 3.10. The lowest BCUT2D eigenvalue weighted by Gasteiger charge is -2.35. The van der Waals surface area contributed by atoms with Crippen molar-refractivity contribution in [3.63, 3.8) is 0 Å². The van der Waals surface area contributed by atoms with Crippen LogP contribution in [0.25, 0.3) is 0 Å². The van der Waals surface area contributed by atoms with Crippen LogP contribution in [0.5, 0.6) is 0 Å².